The maximum atomic E-state index is 13.2. The fourth-order valence-corrected chi connectivity index (χ4v) is 3.67. The molecule has 4 rings (SSSR count). The zero-order chi connectivity index (χ0) is 24.5. The minimum atomic E-state index is -4.58. The van der Waals surface area contributed by atoms with Crippen molar-refractivity contribution in [1.82, 2.24) is 14.9 Å². The predicted octanol–water partition coefficient (Wildman–Crippen LogP) is 5.48. The van der Waals surface area contributed by atoms with Crippen molar-refractivity contribution in [2.75, 3.05) is 14.2 Å². The van der Waals surface area contributed by atoms with E-state index in [1.807, 2.05) is 42.3 Å². The molecule has 0 saturated carbocycles. The molecule has 0 atom stereocenters. The van der Waals surface area contributed by atoms with Crippen LogP contribution < -0.4 is 10.5 Å². The summed E-state index contributed by atoms with van der Waals surface area (Å²) in [6.45, 7) is 4.83. The van der Waals surface area contributed by atoms with Crippen LogP contribution in [0, 0.1) is 0 Å². The largest absolute Gasteiger partial charge is 0.494 e. The number of hydrogen-bond donors (Lipinski definition) is 1. The van der Waals surface area contributed by atoms with Gasteiger partial charge in [0.15, 0.2) is 0 Å². The Hall–Kier alpha value is -3.85. The molecular weight excluding hydrogens is 445 g/mol. The van der Waals surface area contributed by atoms with E-state index >= 15 is 0 Å². The number of nitrogens with zero attached hydrogens (tertiary/aromatic N) is 3. The summed E-state index contributed by atoms with van der Waals surface area (Å²) in [4.78, 5) is 10.3. The minimum Gasteiger partial charge on any atom is -0.494 e. The Morgan fingerprint density at radius 1 is 1.09 bits per heavy atom. The van der Waals surface area contributed by atoms with Crippen LogP contribution in [0.4, 0.5) is 13.2 Å². The van der Waals surface area contributed by atoms with Gasteiger partial charge < -0.3 is 19.8 Å². The Kier molecular flexibility index (Phi) is 6.30. The highest BCUT2D eigenvalue weighted by molar-refractivity contribution is 5.96. The van der Waals surface area contributed by atoms with Crippen LogP contribution in [0.5, 0.6) is 5.75 Å². The number of alkyl halides is 3. The molecule has 2 N–H and O–H groups in total. The van der Waals surface area contributed by atoms with Crippen molar-refractivity contribution >= 4 is 16.6 Å². The first-order valence-corrected chi connectivity index (χ1v) is 10.4. The molecule has 176 valence electrons. The van der Waals surface area contributed by atoms with Gasteiger partial charge in [-0.1, -0.05) is 36.9 Å². The topological polar surface area (TPSA) is 77.4 Å². The van der Waals surface area contributed by atoms with Gasteiger partial charge in [0.05, 0.1) is 19.4 Å². The van der Waals surface area contributed by atoms with Gasteiger partial charge in [-0.15, -0.1) is 0 Å². The average molecular weight is 468 g/mol. The minimum absolute atomic E-state index is 0.0592. The summed E-state index contributed by atoms with van der Waals surface area (Å²) < 4.78 is 50.9. The number of oxazole rings is 1. The van der Waals surface area contributed by atoms with E-state index in [2.05, 4.69) is 16.5 Å². The summed E-state index contributed by atoms with van der Waals surface area (Å²) in [6.07, 6.45) is -4.58. The number of nitrogens with two attached hydrogens (primary N) is 1. The maximum absolute atomic E-state index is 13.2. The van der Waals surface area contributed by atoms with Crippen molar-refractivity contribution in [3.8, 4) is 17.2 Å². The Bertz CT molecular complexity index is 1330. The van der Waals surface area contributed by atoms with Crippen molar-refractivity contribution in [3.63, 3.8) is 0 Å². The Balaban J connectivity index is 1.75. The SMILES string of the molecule is C=C(c1nc(-c2ccc(OC)c3nc(C(F)(F)F)ccc23)oc1CN)N(C)Cc1ccccc1. The fraction of sp³-hybridized carbons (Fsp3) is 0.200. The average Bonchev–Trinajstić information content (AvgIpc) is 3.26. The molecule has 0 amide bonds. The summed E-state index contributed by atoms with van der Waals surface area (Å²) in [7, 11) is 3.26. The Morgan fingerprint density at radius 3 is 2.47 bits per heavy atom. The van der Waals surface area contributed by atoms with Gasteiger partial charge in [-0.25, -0.2) is 9.97 Å². The highest BCUT2D eigenvalue weighted by Crippen LogP contribution is 2.37. The molecule has 0 spiro atoms. The molecule has 0 radical (unpaired) electrons. The van der Waals surface area contributed by atoms with Crippen molar-refractivity contribution < 1.29 is 22.3 Å². The summed E-state index contributed by atoms with van der Waals surface area (Å²) in [5.74, 6) is 0.838. The van der Waals surface area contributed by atoms with Crippen LogP contribution in [0.3, 0.4) is 0 Å². The van der Waals surface area contributed by atoms with Crippen molar-refractivity contribution in [1.29, 1.82) is 0 Å². The molecule has 9 heteroatoms. The van der Waals surface area contributed by atoms with Crippen LogP contribution in [0.15, 0.2) is 65.6 Å². The standard InChI is InChI=1S/C25H23F3N4O2/c1-15(32(2)14-16-7-5-4-6-8-16)22-20(13-29)34-24(31-22)18-9-11-19(33-3)23-17(18)10-12-21(30-23)25(26,27)28/h4-12H,1,13-14,29H2,2-3H3. The number of pyridine rings is 1. The van der Waals surface area contributed by atoms with Crippen LogP contribution in [0.25, 0.3) is 28.1 Å². The first-order valence-electron chi connectivity index (χ1n) is 10.4. The van der Waals surface area contributed by atoms with Gasteiger partial charge in [0.1, 0.15) is 28.4 Å². The molecule has 0 aliphatic carbocycles. The van der Waals surface area contributed by atoms with Gasteiger partial charge in [-0.2, -0.15) is 13.2 Å². The second-order valence-electron chi connectivity index (χ2n) is 7.69. The zero-order valence-corrected chi connectivity index (χ0v) is 18.7. The molecule has 0 saturated heterocycles. The monoisotopic (exact) mass is 468 g/mol. The van der Waals surface area contributed by atoms with Gasteiger partial charge in [-0.05, 0) is 29.8 Å². The normalized spacial score (nSPS) is 11.6. The van der Waals surface area contributed by atoms with Crippen LogP contribution in [0.2, 0.25) is 0 Å². The molecule has 2 aromatic heterocycles. The van der Waals surface area contributed by atoms with Gasteiger partial charge >= 0.3 is 6.18 Å². The van der Waals surface area contributed by atoms with E-state index in [1.165, 1.54) is 19.2 Å². The van der Waals surface area contributed by atoms with E-state index in [-0.39, 0.29) is 23.7 Å². The molecule has 2 aromatic carbocycles. The van der Waals surface area contributed by atoms with Crippen molar-refractivity contribution in [2.24, 2.45) is 5.73 Å². The van der Waals surface area contributed by atoms with Crippen molar-refractivity contribution in [2.45, 2.75) is 19.3 Å². The first kappa shape index (κ1) is 23.3. The summed E-state index contributed by atoms with van der Waals surface area (Å²) in [5.41, 5.74) is 7.61. The van der Waals surface area contributed by atoms with Crippen LogP contribution in [0.1, 0.15) is 22.7 Å². The lowest BCUT2D eigenvalue weighted by atomic mass is 10.1. The van der Waals surface area contributed by atoms with Gasteiger partial charge in [0, 0.05) is 24.5 Å². The second kappa shape index (κ2) is 9.18. The van der Waals surface area contributed by atoms with E-state index in [1.54, 1.807) is 6.07 Å². The molecule has 34 heavy (non-hydrogen) atoms. The molecule has 0 bridgehead atoms. The molecule has 4 aromatic rings. The molecule has 0 fully saturated rings. The predicted molar refractivity (Wildman–Crippen MR) is 124 cm³/mol. The highest BCUT2D eigenvalue weighted by Gasteiger charge is 2.33. The lowest BCUT2D eigenvalue weighted by molar-refractivity contribution is -0.140. The van der Waals surface area contributed by atoms with E-state index in [4.69, 9.17) is 14.9 Å². The maximum Gasteiger partial charge on any atom is 0.433 e. The summed E-state index contributed by atoms with van der Waals surface area (Å²) in [5, 5.41) is 0.409. The van der Waals surface area contributed by atoms with Crippen LogP contribution >= 0.6 is 0 Å². The number of halogens is 3. The van der Waals surface area contributed by atoms with Gasteiger partial charge in [0.2, 0.25) is 5.89 Å². The van der Waals surface area contributed by atoms with E-state index in [0.29, 0.717) is 34.6 Å². The van der Waals surface area contributed by atoms with Crippen LogP contribution in [-0.4, -0.2) is 29.0 Å². The third-order valence-corrected chi connectivity index (χ3v) is 5.44. The fourth-order valence-electron chi connectivity index (χ4n) is 3.67. The number of fused-ring (bicyclic) bond motifs is 1. The van der Waals surface area contributed by atoms with E-state index in [0.717, 1.165) is 11.6 Å². The molecule has 2 heterocycles. The number of rotatable bonds is 7. The number of hydrogen-bond acceptors (Lipinski definition) is 6. The smallest absolute Gasteiger partial charge is 0.433 e. The molecular formula is C25H23F3N4O2. The zero-order valence-electron chi connectivity index (χ0n) is 18.7. The number of aromatic nitrogens is 2. The molecule has 0 unspecified atom stereocenters. The van der Waals surface area contributed by atoms with Gasteiger partial charge in [0.25, 0.3) is 0 Å². The lowest BCUT2D eigenvalue weighted by Crippen LogP contribution is -2.17. The first-order chi connectivity index (χ1) is 16.2. The second-order valence-corrected chi connectivity index (χ2v) is 7.69. The lowest BCUT2D eigenvalue weighted by Gasteiger charge is -2.20. The molecule has 0 aliphatic rings. The number of benzene rings is 2. The quantitative estimate of drug-likeness (QED) is 0.387. The van der Waals surface area contributed by atoms with Crippen molar-refractivity contribution in [3.05, 3.63) is 83.9 Å². The Labute approximate surface area is 194 Å². The molecule has 0 aliphatic heterocycles. The van der Waals surface area contributed by atoms with Crippen LogP contribution in [-0.2, 0) is 19.3 Å². The summed E-state index contributed by atoms with van der Waals surface area (Å²) in [6, 6.07) is 15.3. The summed E-state index contributed by atoms with van der Waals surface area (Å²) >= 11 is 0. The number of ether oxygens (including phenoxy) is 1. The van der Waals surface area contributed by atoms with E-state index < -0.39 is 11.9 Å². The molecule has 6 nitrogen and oxygen atoms in total. The van der Waals surface area contributed by atoms with E-state index in [9.17, 15) is 13.2 Å². The third kappa shape index (κ3) is 4.47. The van der Waals surface area contributed by atoms with Gasteiger partial charge in [-0.3, -0.25) is 0 Å². The number of methoxy groups -OCH3 is 1. The highest BCUT2D eigenvalue weighted by atomic mass is 19.4. The Morgan fingerprint density at radius 2 is 1.82 bits per heavy atom. The third-order valence-electron chi connectivity index (χ3n) is 5.44.